The fourth-order valence-corrected chi connectivity index (χ4v) is 2.70. The van der Waals surface area contributed by atoms with E-state index in [1.54, 1.807) is 7.11 Å². The number of hydrogen-bond donors (Lipinski definition) is 2. The first-order valence-electron chi connectivity index (χ1n) is 8.98. The maximum atomic E-state index is 12.0. The topological polar surface area (TPSA) is 52.0 Å². The van der Waals surface area contributed by atoms with Crippen LogP contribution in [0, 0.1) is 0 Å². The van der Waals surface area contributed by atoms with Gasteiger partial charge in [0, 0.05) is 12.1 Å². The molecule has 0 aliphatic heterocycles. The molecule has 0 heterocycles. The molecule has 0 fully saturated rings. The minimum atomic E-state index is -0.116. The molecule has 0 radical (unpaired) electrons. The van der Waals surface area contributed by atoms with Gasteiger partial charge in [0.1, 0.15) is 13.2 Å². The maximum Gasteiger partial charge on any atom is 0.278 e. The van der Waals surface area contributed by atoms with Crippen LogP contribution >= 0.6 is 0 Å². The van der Waals surface area contributed by atoms with E-state index in [4.69, 9.17) is 9.47 Å². The van der Waals surface area contributed by atoms with Crippen molar-refractivity contribution in [2.75, 3.05) is 20.7 Å². The smallest absolute Gasteiger partial charge is 0.278 e. The Hall–Kier alpha value is -2.53. The van der Waals surface area contributed by atoms with E-state index in [0.29, 0.717) is 18.9 Å². The van der Waals surface area contributed by atoms with E-state index in [1.165, 1.54) is 0 Å². The van der Waals surface area contributed by atoms with Crippen LogP contribution in [0.15, 0.2) is 48.5 Å². The summed E-state index contributed by atoms with van der Waals surface area (Å²) < 4.78 is 11.4. The van der Waals surface area contributed by atoms with Crippen molar-refractivity contribution in [1.82, 2.24) is 5.32 Å². The second kappa shape index (κ2) is 9.82. The first kappa shape index (κ1) is 19.8. The van der Waals surface area contributed by atoms with Gasteiger partial charge in [0.2, 0.25) is 0 Å². The van der Waals surface area contributed by atoms with E-state index >= 15 is 0 Å². The Balaban J connectivity index is 2.02. The molecule has 1 amide bonds. The number of quaternary nitrogens is 1. The van der Waals surface area contributed by atoms with Gasteiger partial charge >= 0.3 is 0 Å². The highest BCUT2D eigenvalue weighted by molar-refractivity contribution is 5.79. The third-order valence-electron chi connectivity index (χ3n) is 4.43. The van der Waals surface area contributed by atoms with Crippen LogP contribution in [0.4, 0.5) is 0 Å². The van der Waals surface area contributed by atoms with E-state index in [-0.39, 0.29) is 11.9 Å². The molecule has 2 rings (SSSR count). The average Bonchev–Trinajstić information content (AvgIpc) is 2.67. The lowest BCUT2D eigenvalue weighted by Crippen LogP contribution is -3.12. The van der Waals surface area contributed by atoms with Gasteiger partial charge in [-0.3, -0.25) is 4.79 Å². The molecule has 0 aliphatic carbocycles. The standard InChI is InChI=1S/C21H28N2O3/c1-5-22-21(24)16(2)23(3)14-18-11-12-19(20(13-18)25-4)26-15-17-9-7-6-8-10-17/h6-13,16H,5,14-15H2,1-4H3,(H,22,24)/p+1/t16-/m1/s1. The number of hydrogen-bond acceptors (Lipinski definition) is 3. The second-order valence-corrected chi connectivity index (χ2v) is 6.40. The van der Waals surface area contributed by atoms with Crippen LogP contribution in [0.1, 0.15) is 25.0 Å². The molecular formula is C21H29N2O3+. The molecule has 2 atom stereocenters. The van der Waals surface area contributed by atoms with E-state index in [0.717, 1.165) is 28.3 Å². The number of carbonyl (C=O) groups is 1. The third-order valence-corrected chi connectivity index (χ3v) is 4.43. The highest BCUT2D eigenvalue weighted by Gasteiger charge is 2.21. The lowest BCUT2D eigenvalue weighted by molar-refractivity contribution is -0.908. The zero-order valence-electron chi connectivity index (χ0n) is 16.0. The van der Waals surface area contributed by atoms with Crippen LogP contribution in [0.25, 0.3) is 0 Å². The fourth-order valence-electron chi connectivity index (χ4n) is 2.70. The summed E-state index contributed by atoms with van der Waals surface area (Å²) in [6, 6.07) is 15.9. The number of likely N-dealkylation sites (N-methyl/N-ethyl adjacent to an activating group) is 2. The minimum Gasteiger partial charge on any atom is -0.493 e. The first-order chi connectivity index (χ1) is 12.5. The van der Waals surface area contributed by atoms with Crippen molar-refractivity contribution in [3.05, 3.63) is 59.7 Å². The SMILES string of the molecule is CCNC(=O)[C@@H](C)[NH+](C)Cc1ccc(OCc2ccccc2)c(OC)c1. The van der Waals surface area contributed by atoms with E-state index in [1.807, 2.05) is 69.4 Å². The van der Waals surface area contributed by atoms with Gasteiger partial charge in [-0.25, -0.2) is 0 Å². The quantitative estimate of drug-likeness (QED) is 0.720. The first-order valence-corrected chi connectivity index (χ1v) is 8.98. The predicted molar refractivity (Wildman–Crippen MR) is 103 cm³/mol. The number of rotatable bonds is 9. The molecule has 0 spiro atoms. The highest BCUT2D eigenvalue weighted by Crippen LogP contribution is 2.28. The zero-order chi connectivity index (χ0) is 18.9. The number of ether oxygens (including phenoxy) is 2. The molecule has 0 aromatic heterocycles. The van der Waals surface area contributed by atoms with Crippen LogP contribution in [-0.2, 0) is 17.9 Å². The molecule has 2 N–H and O–H groups in total. The highest BCUT2D eigenvalue weighted by atomic mass is 16.5. The Kier molecular flexibility index (Phi) is 7.48. The lowest BCUT2D eigenvalue weighted by atomic mass is 10.1. The van der Waals surface area contributed by atoms with Gasteiger partial charge in [-0.15, -0.1) is 0 Å². The van der Waals surface area contributed by atoms with Crippen LogP contribution in [0.3, 0.4) is 0 Å². The number of nitrogens with one attached hydrogen (secondary N) is 2. The largest absolute Gasteiger partial charge is 0.493 e. The lowest BCUT2D eigenvalue weighted by Gasteiger charge is -2.21. The van der Waals surface area contributed by atoms with Gasteiger partial charge in [-0.2, -0.15) is 0 Å². The number of benzene rings is 2. The molecule has 0 aliphatic rings. The summed E-state index contributed by atoms with van der Waals surface area (Å²) in [5.41, 5.74) is 2.21. The van der Waals surface area contributed by atoms with Gasteiger partial charge < -0.3 is 19.7 Å². The Labute approximate surface area is 155 Å². The number of carbonyl (C=O) groups excluding carboxylic acids is 1. The normalized spacial score (nSPS) is 12.9. The Morgan fingerprint density at radius 3 is 2.50 bits per heavy atom. The number of amides is 1. The molecule has 26 heavy (non-hydrogen) atoms. The monoisotopic (exact) mass is 357 g/mol. The molecule has 1 unspecified atom stereocenters. The van der Waals surface area contributed by atoms with Gasteiger partial charge in [0.25, 0.3) is 5.91 Å². The average molecular weight is 357 g/mol. The van der Waals surface area contributed by atoms with Crippen molar-refractivity contribution >= 4 is 5.91 Å². The molecule has 2 aromatic rings. The van der Waals surface area contributed by atoms with Crippen molar-refractivity contribution in [2.24, 2.45) is 0 Å². The molecular weight excluding hydrogens is 328 g/mol. The Morgan fingerprint density at radius 1 is 1.12 bits per heavy atom. The number of methoxy groups -OCH3 is 1. The fraction of sp³-hybridized carbons (Fsp3) is 0.381. The van der Waals surface area contributed by atoms with Crippen molar-refractivity contribution < 1.29 is 19.2 Å². The van der Waals surface area contributed by atoms with Gasteiger partial charge in [0.05, 0.1) is 14.2 Å². The molecule has 2 aromatic carbocycles. The Bertz CT molecular complexity index is 704. The molecule has 5 nitrogen and oxygen atoms in total. The van der Waals surface area contributed by atoms with E-state index in [9.17, 15) is 4.79 Å². The van der Waals surface area contributed by atoms with E-state index < -0.39 is 0 Å². The van der Waals surface area contributed by atoms with Crippen LogP contribution in [0.5, 0.6) is 11.5 Å². The molecule has 0 saturated heterocycles. The molecule has 0 bridgehead atoms. The van der Waals surface area contributed by atoms with Crippen LogP contribution in [0.2, 0.25) is 0 Å². The summed E-state index contributed by atoms with van der Waals surface area (Å²) in [4.78, 5) is 13.1. The summed E-state index contributed by atoms with van der Waals surface area (Å²) >= 11 is 0. The van der Waals surface area contributed by atoms with Crippen LogP contribution < -0.4 is 19.7 Å². The van der Waals surface area contributed by atoms with E-state index in [2.05, 4.69) is 5.32 Å². The third kappa shape index (κ3) is 5.49. The van der Waals surface area contributed by atoms with Crippen molar-refractivity contribution in [3.8, 4) is 11.5 Å². The van der Waals surface area contributed by atoms with Crippen molar-refractivity contribution in [1.29, 1.82) is 0 Å². The summed E-state index contributed by atoms with van der Waals surface area (Å²) in [6.07, 6.45) is 0. The molecule has 0 saturated carbocycles. The summed E-state index contributed by atoms with van der Waals surface area (Å²) in [7, 11) is 3.66. The summed E-state index contributed by atoms with van der Waals surface area (Å²) in [5, 5.41) is 2.87. The maximum absolute atomic E-state index is 12.0. The minimum absolute atomic E-state index is 0.0692. The summed E-state index contributed by atoms with van der Waals surface area (Å²) in [5.74, 6) is 1.49. The second-order valence-electron chi connectivity index (χ2n) is 6.40. The molecule has 5 heteroatoms. The van der Waals surface area contributed by atoms with Gasteiger partial charge in [-0.05, 0) is 37.6 Å². The van der Waals surface area contributed by atoms with Gasteiger partial charge in [-0.1, -0.05) is 30.3 Å². The summed E-state index contributed by atoms with van der Waals surface area (Å²) in [6.45, 7) is 5.75. The Morgan fingerprint density at radius 2 is 1.85 bits per heavy atom. The zero-order valence-corrected chi connectivity index (χ0v) is 16.0. The van der Waals surface area contributed by atoms with Gasteiger partial charge in [0.15, 0.2) is 17.5 Å². The van der Waals surface area contributed by atoms with Crippen LogP contribution in [-0.4, -0.2) is 32.7 Å². The predicted octanol–water partition coefficient (Wildman–Crippen LogP) is 1.81. The molecule has 140 valence electrons. The van der Waals surface area contributed by atoms with Crippen molar-refractivity contribution in [3.63, 3.8) is 0 Å². The van der Waals surface area contributed by atoms with Crippen molar-refractivity contribution in [2.45, 2.75) is 33.0 Å².